The first-order valence-corrected chi connectivity index (χ1v) is 8.38. The van der Waals surface area contributed by atoms with Crippen molar-refractivity contribution in [2.45, 2.75) is 16.7 Å². The van der Waals surface area contributed by atoms with Crippen LogP contribution in [-0.4, -0.2) is 11.7 Å². The third-order valence-electron chi connectivity index (χ3n) is 3.18. The molecule has 1 amide bonds. The number of benzene rings is 2. The van der Waals surface area contributed by atoms with E-state index in [9.17, 15) is 4.79 Å². The Bertz CT molecular complexity index is 541. The number of carbonyl (C=O) groups excluding carboxylic acids is 1. The Hall–Kier alpha value is -2.00. The predicted octanol–water partition coefficient (Wildman–Crippen LogP) is 4.15. The van der Waals surface area contributed by atoms with Gasteiger partial charge in [0, 0.05) is 9.79 Å². The molecule has 0 saturated carbocycles. The Morgan fingerprint density at radius 3 is 1.85 bits per heavy atom. The number of rotatable bonds is 5. The molecule has 20 heavy (non-hydrogen) atoms. The van der Waals surface area contributed by atoms with Gasteiger partial charge in [-0.05, 0) is 36.1 Å². The molecule has 0 aliphatic heterocycles. The molecule has 0 heterocycles. The molecule has 1 N–H and O–H groups in total. The van der Waals surface area contributed by atoms with Crippen LogP contribution in [0.1, 0.15) is 6.92 Å². The molecule has 0 fully saturated rings. The van der Waals surface area contributed by atoms with E-state index in [1.54, 1.807) is 0 Å². The zero-order chi connectivity index (χ0) is 14.4. The Morgan fingerprint density at radius 2 is 1.50 bits per heavy atom. The fraction of sp³-hybridized carbons (Fsp3) is 0.118. The van der Waals surface area contributed by atoms with Crippen LogP contribution in [0.15, 0.2) is 83.1 Å². The molecule has 0 unspecified atom stereocenters. The van der Waals surface area contributed by atoms with Gasteiger partial charge in [-0.2, -0.15) is 0 Å². The summed E-state index contributed by atoms with van der Waals surface area (Å²) in [6, 6.07) is 20.3. The van der Waals surface area contributed by atoms with Crippen molar-refractivity contribution in [2.75, 3.05) is 5.75 Å². The zero-order valence-corrected chi connectivity index (χ0v) is 12.4. The molecule has 0 atom stereocenters. The monoisotopic (exact) mass is 285 g/mol. The highest BCUT2D eigenvalue weighted by Crippen LogP contribution is 2.58. The molecule has 0 aromatic heterocycles. The van der Waals surface area contributed by atoms with E-state index in [2.05, 4.69) is 42.5 Å². The maximum absolute atomic E-state index is 11.9. The van der Waals surface area contributed by atoms with Gasteiger partial charge in [0.15, 0.2) is 0 Å². The first kappa shape index (κ1) is 14.4. The summed E-state index contributed by atoms with van der Waals surface area (Å²) in [5.74, 6) is 0.718. The minimum Gasteiger partial charge on any atom is -0.307 e. The highest BCUT2D eigenvalue weighted by molar-refractivity contribution is 8.32. The van der Waals surface area contributed by atoms with Crippen molar-refractivity contribution in [3.63, 3.8) is 0 Å². The van der Waals surface area contributed by atoms with Crippen LogP contribution in [0.25, 0.3) is 0 Å². The summed E-state index contributed by atoms with van der Waals surface area (Å²) < 4.78 is 3.19. The summed E-state index contributed by atoms with van der Waals surface area (Å²) in [7, 11) is -1.57. The van der Waals surface area contributed by atoms with Crippen LogP contribution >= 0.6 is 10.2 Å². The summed E-state index contributed by atoms with van der Waals surface area (Å²) in [5, 5.41) is 0. The van der Waals surface area contributed by atoms with Crippen LogP contribution in [0.5, 0.6) is 0 Å². The van der Waals surface area contributed by atoms with Crippen LogP contribution in [0.3, 0.4) is 0 Å². The maximum Gasteiger partial charge on any atom is 0.252 e. The molecule has 0 saturated heterocycles. The van der Waals surface area contributed by atoms with Crippen molar-refractivity contribution < 1.29 is 4.79 Å². The lowest BCUT2D eigenvalue weighted by molar-refractivity contribution is -0.114. The Morgan fingerprint density at radius 1 is 1.05 bits per heavy atom. The minimum absolute atomic E-state index is 0.130. The second kappa shape index (κ2) is 6.44. The number of hydrogen-bond donors (Lipinski definition) is 1. The normalized spacial score (nSPS) is 11.7. The Kier molecular flexibility index (Phi) is 4.64. The largest absolute Gasteiger partial charge is 0.307 e. The van der Waals surface area contributed by atoms with E-state index in [0.29, 0.717) is 0 Å². The van der Waals surface area contributed by atoms with Crippen LogP contribution in [0.4, 0.5) is 0 Å². The van der Waals surface area contributed by atoms with Crippen LogP contribution in [0.2, 0.25) is 0 Å². The third-order valence-corrected chi connectivity index (χ3v) is 6.75. The first-order chi connectivity index (χ1) is 9.73. The molecule has 2 aromatic rings. The van der Waals surface area contributed by atoms with Crippen molar-refractivity contribution in [2.24, 2.45) is 0 Å². The molecule has 0 aliphatic rings. The maximum atomic E-state index is 11.9. The molecule has 2 nitrogen and oxygen atoms in total. The fourth-order valence-electron chi connectivity index (χ4n) is 2.18. The van der Waals surface area contributed by atoms with Gasteiger partial charge in [-0.15, -0.1) is 10.2 Å². The zero-order valence-electron chi connectivity index (χ0n) is 11.6. The van der Waals surface area contributed by atoms with Gasteiger partial charge in [0.2, 0.25) is 0 Å². The van der Waals surface area contributed by atoms with Gasteiger partial charge < -0.3 is 4.72 Å². The first-order valence-electron chi connectivity index (χ1n) is 6.58. The molecule has 2 rings (SSSR count). The molecule has 0 spiro atoms. The highest BCUT2D eigenvalue weighted by Gasteiger charge is 2.27. The highest BCUT2D eigenvalue weighted by atomic mass is 32.3. The quantitative estimate of drug-likeness (QED) is 0.822. The number of hydrogen-bond acceptors (Lipinski definition) is 1. The predicted molar refractivity (Wildman–Crippen MR) is 85.9 cm³/mol. The SMILES string of the molecule is C=CC(=O)NS(CC)(c1ccccc1)c1ccccc1. The summed E-state index contributed by atoms with van der Waals surface area (Å²) in [4.78, 5) is 14.2. The van der Waals surface area contributed by atoms with E-state index < -0.39 is 10.2 Å². The molecule has 0 bridgehead atoms. The summed E-state index contributed by atoms with van der Waals surface area (Å²) in [5.41, 5.74) is 0. The third kappa shape index (κ3) is 2.78. The van der Waals surface area contributed by atoms with Gasteiger partial charge >= 0.3 is 0 Å². The van der Waals surface area contributed by atoms with Crippen molar-refractivity contribution in [1.82, 2.24) is 4.72 Å². The second-order valence-electron chi connectivity index (χ2n) is 4.32. The number of amides is 1. The van der Waals surface area contributed by atoms with Crippen molar-refractivity contribution in [3.05, 3.63) is 73.3 Å². The lowest BCUT2D eigenvalue weighted by Gasteiger charge is -2.40. The molecule has 0 radical (unpaired) electrons. The second-order valence-corrected chi connectivity index (χ2v) is 7.53. The van der Waals surface area contributed by atoms with E-state index in [0.717, 1.165) is 15.5 Å². The molecule has 2 aromatic carbocycles. The van der Waals surface area contributed by atoms with Gasteiger partial charge in [-0.1, -0.05) is 49.9 Å². The molecule has 0 aliphatic carbocycles. The van der Waals surface area contributed by atoms with E-state index in [4.69, 9.17) is 0 Å². The summed E-state index contributed by atoms with van der Waals surface area (Å²) in [6.07, 6.45) is 1.34. The van der Waals surface area contributed by atoms with Gasteiger partial charge in [-0.3, -0.25) is 4.79 Å². The molecular formula is C17H19NOS. The molecule has 104 valence electrons. The van der Waals surface area contributed by atoms with E-state index in [-0.39, 0.29) is 5.91 Å². The van der Waals surface area contributed by atoms with Crippen molar-refractivity contribution in [3.8, 4) is 0 Å². The number of nitrogens with one attached hydrogen (secondary N) is 1. The average molecular weight is 285 g/mol. The van der Waals surface area contributed by atoms with Gasteiger partial charge in [0.1, 0.15) is 0 Å². The van der Waals surface area contributed by atoms with Gasteiger partial charge in [-0.25, -0.2) is 0 Å². The topological polar surface area (TPSA) is 29.1 Å². The summed E-state index contributed by atoms with van der Waals surface area (Å²) >= 11 is 0. The van der Waals surface area contributed by atoms with E-state index in [1.165, 1.54) is 6.08 Å². The molecular weight excluding hydrogens is 266 g/mol. The molecule has 3 heteroatoms. The van der Waals surface area contributed by atoms with Gasteiger partial charge in [0.25, 0.3) is 5.91 Å². The minimum atomic E-state index is -1.57. The Balaban J connectivity index is 2.58. The lowest BCUT2D eigenvalue weighted by Crippen LogP contribution is -2.28. The summed E-state index contributed by atoms with van der Waals surface area (Å²) in [6.45, 7) is 5.68. The van der Waals surface area contributed by atoms with Crippen molar-refractivity contribution >= 4 is 16.1 Å². The smallest absolute Gasteiger partial charge is 0.252 e. The van der Waals surface area contributed by atoms with E-state index >= 15 is 0 Å². The van der Waals surface area contributed by atoms with Crippen LogP contribution in [0, 0.1) is 0 Å². The van der Waals surface area contributed by atoms with Gasteiger partial charge in [0.05, 0.1) is 0 Å². The standard InChI is InChI=1S/C17H19NOS/c1-3-17(19)18-20(4-2,15-11-7-5-8-12-15)16-13-9-6-10-14-16/h3,5-14H,1,4H2,2H3,(H,18,19). The van der Waals surface area contributed by atoms with Crippen LogP contribution < -0.4 is 4.72 Å². The van der Waals surface area contributed by atoms with Crippen molar-refractivity contribution in [1.29, 1.82) is 0 Å². The van der Waals surface area contributed by atoms with Crippen LogP contribution in [-0.2, 0) is 4.79 Å². The average Bonchev–Trinajstić information content (AvgIpc) is 2.54. The number of carbonyl (C=O) groups is 1. The fourth-order valence-corrected chi connectivity index (χ4v) is 5.17. The lowest BCUT2D eigenvalue weighted by atomic mass is 10.4. The Labute approximate surface area is 122 Å². The van der Waals surface area contributed by atoms with E-state index in [1.807, 2.05) is 36.4 Å².